The molecule has 0 fully saturated rings. The van der Waals surface area contributed by atoms with Gasteiger partial charge in [0.1, 0.15) is 0 Å². The molecule has 0 saturated carbocycles. The lowest BCUT2D eigenvalue weighted by Gasteiger charge is -1.99. The highest BCUT2D eigenvalue weighted by Gasteiger charge is 2.00. The van der Waals surface area contributed by atoms with Gasteiger partial charge in [-0.1, -0.05) is 0 Å². The minimum absolute atomic E-state index is 0.656. The van der Waals surface area contributed by atoms with Gasteiger partial charge in [-0.05, 0) is 13.2 Å². The maximum atomic E-state index is 10.8. The second-order valence-corrected chi connectivity index (χ2v) is 4.02. The van der Waals surface area contributed by atoms with Crippen LogP contribution in [0.4, 0.5) is 0 Å². The fourth-order valence-electron chi connectivity index (χ4n) is 0.505. The number of hydrogen-bond donors (Lipinski definition) is 1. The minimum atomic E-state index is -0.916. The summed E-state index contributed by atoms with van der Waals surface area (Å²) in [4.78, 5) is 0. The van der Waals surface area contributed by atoms with E-state index in [1.807, 2.05) is 6.26 Å². The summed E-state index contributed by atoms with van der Waals surface area (Å²) in [5.41, 5.74) is 6.07. The number of allylic oxidation sites excluding steroid dienone is 1. The molecule has 9 heavy (non-hydrogen) atoms. The molecule has 0 aromatic heterocycles. The quantitative estimate of drug-likeness (QED) is 0.660. The van der Waals surface area contributed by atoms with Crippen molar-refractivity contribution in [2.75, 3.05) is 12.5 Å². The molecule has 0 radical (unpaired) electrons. The van der Waals surface area contributed by atoms with E-state index in [1.165, 1.54) is 11.8 Å². The first-order valence-corrected chi connectivity index (χ1v) is 5.21. The number of nitrogens with two attached hydrogens (primary N) is 1. The Bertz CT molecular complexity index is 149. The molecule has 0 aliphatic rings. The number of rotatable bonds is 2. The summed E-state index contributed by atoms with van der Waals surface area (Å²) < 4.78 is 11.5. The minimum Gasteiger partial charge on any atom is -0.401 e. The summed E-state index contributed by atoms with van der Waals surface area (Å²) in [7, 11) is -0.916. The summed E-state index contributed by atoms with van der Waals surface area (Å²) in [5.74, 6) is 0. The monoisotopic (exact) mass is 165 g/mol. The zero-order valence-corrected chi connectivity index (χ0v) is 7.44. The zero-order valence-electron chi connectivity index (χ0n) is 5.80. The Morgan fingerprint density at radius 1 is 1.67 bits per heavy atom. The molecule has 4 heteroatoms. The maximum absolute atomic E-state index is 10.8. The molecule has 0 rings (SSSR count). The van der Waals surface area contributed by atoms with Crippen LogP contribution in [0.25, 0.3) is 0 Å². The lowest BCUT2D eigenvalue weighted by molar-refractivity contribution is 0.691. The van der Waals surface area contributed by atoms with Crippen molar-refractivity contribution in [1.82, 2.24) is 0 Å². The summed E-state index contributed by atoms with van der Waals surface area (Å²) in [6.45, 7) is 1.76. The van der Waals surface area contributed by atoms with Crippen LogP contribution in [-0.2, 0) is 10.8 Å². The van der Waals surface area contributed by atoms with Crippen LogP contribution in [0.1, 0.15) is 6.92 Å². The summed E-state index contributed by atoms with van der Waals surface area (Å²) in [5, 5.41) is 0. The Hall–Kier alpha value is 0.0400. The average Bonchev–Trinajstić information content (AvgIpc) is 1.64. The molecule has 0 aliphatic carbocycles. The molecule has 0 aromatic carbocycles. The second-order valence-electron chi connectivity index (χ2n) is 1.63. The van der Waals surface area contributed by atoms with Gasteiger partial charge in [-0.3, -0.25) is 4.21 Å². The van der Waals surface area contributed by atoms with E-state index in [9.17, 15) is 4.21 Å². The normalized spacial score (nSPS) is 16.8. The average molecular weight is 165 g/mol. The highest BCUT2D eigenvalue weighted by atomic mass is 32.2. The van der Waals surface area contributed by atoms with Crippen molar-refractivity contribution in [2.24, 2.45) is 5.73 Å². The van der Waals surface area contributed by atoms with Crippen molar-refractivity contribution < 1.29 is 4.21 Å². The van der Waals surface area contributed by atoms with Crippen molar-refractivity contribution >= 4 is 22.6 Å². The van der Waals surface area contributed by atoms with Gasteiger partial charge in [0.2, 0.25) is 0 Å². The predicted molar refractivity (Wildman–Crippen MR) is 44.5 cm³/mol. The third kappa shape index (κ3) is 2.91. The van der Waals surface area contributed by atoms with Crippen LogP contribution in [0.15, 0.2) is 9.93 Å². The van der Waals surface area contributed by atoms with Gasteiger partial charge in [0.25, 0.3) is 0 Å². The van der Waals surface area contributed by atoms with E-state index in [1.54, 1.807) is 13.2 Å². The molecular weight excluding hydrogens is 154 g/mol. The second kappa shape index (κ2) is 3.95. The Kier molecular flexibility index (Phi) is 3.97. The van der Waals surface area contributed by atoms with Crippen LogP contribution in [-0.4, -0.2) is 16.7 Å². The van der Waals surface area contributed by atoms with E-state index in [2.05, 4.69) is 0 Å². The third-order valence-corrected chi connectivity index (χ3v) is 3.51. The SMILES string of the molecule is CS/C(=C(/C)N)S(C)=O. The molecule has 0 spiro atoms. The fourth-order valence-corrected chi connectivity index (χ4v) is 2.22. The number of thioether (sulfide) groups is 1. The molecule has 0 saturated heterocycles. The van der Waals surface area contributed by atoms with E-state index in [0.29, 0.717) is 5.70 Å². The molecule has 0 aromatic rings. The van der Waals surface area contributed by atoms with Gasteiger partial charge in [-0.25, -0.2) is 0 Å². The van der Waals surface area contributed by atoms with Gasteiger partial charge in [0, 0.05) is 12.0 Å². The van der Waals surface area contributed by atoms with Crippen molar-refractivity contribution in [2.45, 2.75) is 6.92 Å². The molecule has 2 N–H and O–H groups in total. The maximum Gasteiger partial charge on any atom is 0.0895 e. The van der Waals surface area contributed by atoms with Crippen LogP contribution in [0.2, 0.25) is 0 Å². The Labute approximate surface area is 62.3 Å². The van der Waals surface area contributed by atoms with Crippen LogP contribution in [0.5, 0.6) is 0 Å². The molecule has 0 aliphatic heterocycles. The third-order valence-electron chi connectivity index (χ3n) is 0.768. The standard InChI is InChI=1S/C5H11NOS2/c1-4(6)5(8-2)9(3)7/h6H2,1-3H3/b5-4+. The molecular formula is C5H11NOS2. The van der Waals surface area contributed by atoms with Crippen LogP contribution < -0.4 is 5.73 Å². The van der Waals surface area contributed by atoms with E-state index in [0.717, 1.165) is 4.24 Å². The molecule has 0 heterocycles. The smallest absolute Gasteiger partial charge is 0.0895 e. The summed E-state index contributed by atoms with van der Waals surface area (Å²) >= 11 is 1.44. The molecule has 1 unspecified atom stereocenters. The van der Waals surface area contributed by atoms with E-state index in [4.69, 9.17) is 5.73 Å². The van der Waals surface area contributed by atoms with Crippen LogP contribution in [0, 0.1) is 0 Å². The fraction of sp³-hybridized carbons (Fsp3) is 0.600. The zero-order chi connectivity index (χ0) is 7.44. The summed E-state index contributed by atoms with van der Waals surface area (Å²) in [6.07, 6.45) is 3.50. The predicted octanol–water partition coefficient (Wildman–Crippen LogP) is 0.876. The molecule has 2 nitrogen and oxygen atoms in total. The van der Waals surface area contributed by atoms with Gasteiger partial charge in [0.05, 0.1) is 15.0 Å². The van der Waals surface area contributed by atoms with Crippen molar-refractivity contribution in [1.29, 1.82) is 0 Å². The van der Waals surface area contributed by atoms with Crippen molar-refractivity contribution in [3.05, 3.63) is 9.93 Å². The Morgan fingerprint density at radius 3 is 2.11 bits per heavy atom. The summed E-state index contributed by atoms with van der Waals surface area (Å²) in [6, 6.07) is 0. The van der Waals surface area contributed by atoms with Crippen LogP contribution >= 0.6 is 11.8 Å². The molecule has 54 valence electrons. The highest BCUT2D eigenvalue weighted by Crippen LogP contribution is 2.16. The lowest BCUT2D eigenvalue weighted by atomic mass is 10.6. The Morgan fingerprint density at radius 2 is 2.11 bits per heavy atom. The van der Waals surface area contributed by atoms with Gasteiger partial charge in [-0.2, -0.15) is 0 Å². The van der Waals surface area contributed by atoms with Gasteiger partial charge in [0.15, 0.2) is 0 Å². The van der Waals surface area contributed by atoms with Gasteiger partial charge >= 0.3 is 0 Å². The lowest BCUT2D eigenvalue weighted by Crippen LogP contribution is -1.99. The van der Waals surface area contributed by atoms with Crippen LogP contribution in [0.3, 0.4) is 0 Å². The largest absolute Gasteiger partial charge is 0.401 e. The van der Waals surface area contributed by atoms with Crippen molar-refractivity contribution in [3.8, 4) is 0 Å². The first kappa shape index (κ1) is 9.04. The topological polar surface area (TPSA) is 43.1 Å². The van der Waals surface area contributed by atoms with E-state index >= 15 is 0 Å². The van der Waals surface area contributed by atoms with Crippen molar-refractivity contribution in [3.63, 3.8) is 0 Å². The van der Waals surface area contributed by atoms with E-state index in [-0.39, 0.29) is 0 Å². The Balaban J connectivity index is 4.35. The molecule has 0 bridgehead atoms. The van der Waals surface area contributed by atoms with Gasteiger partial charge < -0.3 is 5.73 Å². The molecule has 0 amide bonds. The molecule has 1 atom stereocenters. The first-order chi connectivity index (χ1) is 4.09. The highest BCUT2D eigenvalue weighted by molar-refractivity contribution is 8.15. The first-order valence-electron chi connectivity index (χ1n) is 2.43. The van der Waals surface area contributed by atoms with E-state index < -0.39 is 10.8 Å². The van der Waals surface area contributed by atoms with Gasteiger partial charge in [-0.15, -0.1) is 11.8 Å². The number of hydrogen-bond acceptors (Lipinski definition) is 3.